The zero-order valence-corrected chi connectivity index (χ0v) is 26.6. The number of thiazole rings is 1. The molecule has 0 spiro atoms. The van der Waals surface area contributed by atoms with Crippen molar-refractivity contribution in [1.29, 1.82) is 0 Å². The van der Waals surface area contributed by atoms with E-state index in [4.69, 9.17) is 10.7 Å². The lowest BCUT2D eigenvalue weighted by atomic mass is 9.82. The number of hydrogen-bond donors (Lipinski definition) is 2. The maximum Gasteiger partial charge on any atom is 0.210 e. The summed E-state index contributed by atoms with van der Waals surface area (Å²) < 4.78 is 1.28. The summed E-state index contributed by atoms with van der Waals surface area (Å²) in [6.45, 7) is 16.1. The number of nitrogens with zero attached hydrogens (tertiary/aromatic N) is 4. The van der Waals surface area contributed by atoms with E-state index in [1.54, 1.807) is 0 Å². The number of carbonyl (C=O) groups is 1. The maximum absolute atomic E-state index is 11.6. The highest BCUT2D eigenvalue weighted by atomic mass is 32.1. The molecular weight excluding hydrogens is 516 g/mol. The van der Waals surface area contributed by atoms with Gasteiger partial charge in [-0.1, -0.05) is 40.7 Å². The first-order valence-electron chi connectivity index (χ1n) is 15.6. The van der Waals surface area contributed by atoms with E-state index in [1.165, 1.54) is 28.1 Å². The van der Waals surface area contributed by atoms with Crippen molar-refractivity contribution >= 4 is 33.8 Å². The van der Waals surface area contributed by atoms with Crippen molar-refractivity contribution in [2.45, 2.75) is 104 Å². The predicted molar refractivity (Wildman–Crippen MR) is 169 cm³/mol. The largest absolute Gasteiger partial charge is 0.387 e. The number of benzene rings is 1. The van der Waals surface area contributed by atoms with Gasteiger partial charge in [-0.3, -0.25) is 9.79 Å². The van der Waals surface area contributed by atoms with Gasteiger partial charge in [0.1, 0.15) is 0 Å². The van der Waals surface area contributed by atoms with Crippen LogP contribution in [0.5, 0.6) is 0 Å². The smallest absolute Gasteiger partial charge is 0.210 e. The number of nitrogens with one attached hydrogen (secondary N) is 1. The van der Waals surface area contributed by atoms with Gasteiger partial charge in [0.15, 0.2) is 0 Å². The number of hydrogen-bond acceptors (Lipinski definition) is 7. The molecule has 3 saturated heterocycles. The molecule has 4 aliphatic rings. The van der Waals surface area contributed by atoms with Gasteiger partial charge in [0.05, 0.1) is 33.1 Å². The molecule has 2 aromatic rings. The van der Waals surface area contributed by atoms with Crippen molar-refractivity contribution in [2.24, 2.45) is 28.5 Å². The Labute approximate surface area is 246 Å². The monoisotopic (exact) mass is 568 g/mol. The van der Waals surface area contributed by atoms with Crippen LogP contribution in [0.3, 0.4) is 0 Å². The second-order valence-corrected chi connectivity index (χ2v) is 13.6. The average molecular weight is 569 g/mol. The summed E-state index contributed by atoms with van der Waals surface area (Å²) in [6.07, 6.45) is 6.79. The van der Waals surface area contributed by atoms with Crippen LogP contribution in [0.15, 0.2) is 23.2 Å². The van der Waals surface area contributed by atoms with Crippen molar-refractivity contribution in [3.63, 3.8) is 0 Å². The molecule has 0 aliphatic carbocycles. The Kier molecular flexibility index (Phi) is 10.6. The van der Waals surface area contributed by atoms with E-state index >= 15 is 0 Å². The van der Waals surface area contributed by atoms with Crippen LogP contribution in [0.4, 0.5) is 0 Å². The predicted octanol–water partition coefficient (Wildman–Crippen LogP) is 5.81. The zero-order valence-electron chi connectivity index (χ0n) is 25.8. The van der Waals surface area contributed by atoms with Gasteiger partial charge in [-0.2, -0.15) is 0 Å². The summed E-state index contributed by atoms with van der Waals surface area (Å²) in [5.74, 6) is 3.12. The molecule has 0 saturated carbocycles. The highest BCUT2D eigenvalue weighted by molar-refractivity contribution is 7.18. The lowest BCUT2D eigenvalue weighted by Gasteiger charge is -2.40. The summed E-state index contributed by atoms with van der Waals surface area (Å²) in [5.41, 5.74) is 8.15. The molecule has 3 fully saturated rings. The van der Waals surface area contributed by atoms with Gasteiger partial charge in [0, 0.05) is 30.5 Å². The number of aromatic nitrogens is 1. The number of piperidine rings is 2. The molecule has 7 atom stereocenters. The summed E-state index contributed by atoms with van der Waals surface area (Å²) in [5, 5.41) is 4.84. The molecule has 3 N–H and O–H groups in total. The lowest BCUT2D eigenvalue weighted by Crippen LogP contribution is -2.41. The van der Waals surface area contributed by atoms with E-state index in [0.29, 0.717) is 41.8 Å². The Balaban J connectivity index is 0.000000220. The van der Waals surface area contributed by atoms with Crippen LogP contribution in [-0.4, -0.2) is 71.8 Å². The minimum atomic E-state index is 0.191. The van der Waals surface area contributed by atoms with Crippen LogP contribution < -0.4 is 11.1 Å². The van der Waals surface area contributed by atoms with Crippen LogP contribution in [0.25, 0.3) is 10.2 Å². The molecule has 0 radical (unpaired) electrons. The Bertz CT molecular complexity index is 1140. The molecule has 222 valence electrons. The standard InChI is InChI=1S/C21H29N3OS.C9H17N3.C2H6/c1-14-10-19(24(13-25)12-15(14)2)17-4-5-20-18(11-17)22-21(26-20)16-6-8-23(3)9-7-16;1-5-3-7-8(12-9(5)10)4-6(2)11-7;1-2/h4-5,11,13-16,19H,6-10,12H2,1-3H3;5-8,11H,3-4H2,1-2H3,(H2,10,12);1-2H3/t14-,15?,19?;;/m1../s1. The zero-order chi connectivity index (χ0) is 29.0. The fraction of sp³-hybridized carbons (Fsp3) is 0.719. The third-order valence-corrected chi connectivity index (χ3v) is 10.7. The van der Waals surface area contributed by atoms with Crippen LogP contribution >= 0.6 is 11.3 Å². The van der Waals surface area contributed by atoms with Crippen LogP contribution in [0, 0.1) is 17.8 Å². The summed E-state index contributed by atoms with van der Waals surface area (Å²) in [4.78, 5) is 25.5. The second kappa shape index (κ2) is 13.8. The first-order valence-corrected chi connectivity index (χ1v) is 16.4. The van der Waals surface area contributed by atoms with Gasteiger partial charge in [-0.15, -0.1) is 11.3 Å². The molecule has 1 amide bonds. The number of carbonyl (C=O) groups excluding carboxylic acids is 1. The Hall–Kier alpha value is -2.03. The summed E-state index contributed by atoms with van der Waals surface area (Å²) in [6, 6.07) is 8.50. The minimum Gasteiger partial charge on any atom is -0.387 e. The van der Waals surface area contributed by atoms with Crippen LogP contribution in [0.1, 0.15) is 96.2 Å². The fourth-order valence-electron chi connectivity index (χ4n) is 6.66. The van der Waals surface area contributed by atoms with E-state index in [9.17, 15) is 4.79 Å². The molecule has 7 nitrogen and oxygen atoms in total. The minimum absolute atomic E-state index is 0.191. The van der Waals surface area contributed by atoms with Gasteiger partial charge < -0.3 is 20.9 Å². The first kappa shape index (κ1) is 30.9. The van der Waals surface area contributed by atoms with Crippen molar-refractivity contribution in [1.82, 2.24) is 20.1 Å². The number of fused-ring (bicyclic) bond motifs is 2. The number of aliphatic imine (C=N–C) groups is 1. The van der Waals surface area contributed by atoms with Gasteiger partial charge in [-0.25, -0.2) is 4.98 Å². The van der Waals surface area contributed by atoms with Crippen molar-refractivity contribution < 1.29 is 4.79 Å². The molecule has 1 aromatic carbocycles. The van der Waals surface area contributed by atoms with Gasteiger partial charge in [0.25, 0.3) is 0 Å². The van der Waals surface area contributed by atoms with Gasteiger partial charge in [0.2, 0.25) is 6.41 Å². The number of rotatable bonds is 3. The first-order chi connectivity index (χ1) is 19.2. The number of nitrogens with two attached hydrogens (primary N) is 1. The molecule has 0 bridgehead atoms. The lowest BCUT2D eigenvalue weighted by molar-refractivity contribution is -0.123. The maximum atomic E-state index is 11.6. The van der Waals surface area contributed by atoms with Gasteiger partial charge >= 0.3 is 0 Å². The number of amidine groups is 1. The van der Waals surface area contributed by atoms with Gasteiger partial charge in [-0.05, 0) is 88.7 Å². The molecule has 6 unspecified atom stereocenters. The number of amides is 1. The average Bonchev–Trinajstić information content (AvgIpc) is 3.54. The molecule has 1 aromatic heterocycles. The number of likely N-dealkylation sites (tertiary alicyclic amines) is 2. The highest BCUT2D eigenvalue weighted by Crippen LogP contribution is 2.39. The summed E-state index contributed by atoms with van der Waals surface area (Å²) in [7, 11) is 2.20. The highest BCUT2D eigenvalue weighted by Gasteiger charge is 2.36. The van der Waals surface area contributed by atoms with E-state index in [2.05, 4.69) is 68.2 Å². The van der Waals surface area contributed by atoms with Crippen LogP contribution in [-0.2, 0) is 4.79 Å². The Morgan fingerprint density at radius 3 is 2.48 bits per heavy atom. The van der Waals surface area contributed by atoms with E-state index in [-0.39, 0.29) is 6.04 Å². The molecule has 4 aliphatic heterocycles. The molecular formula is C32H52N6OS. The Morgan fingerprint density at radius 2 is 1.77 bits per heavy atom. The Morgan fingerprint density at radius 1 is 1.05 bits per heavy atom. The fourth-order valence-corrected chi connectivity index (χ4v) is 7.78. The van der Waals surface area contributed by atoms with Crippen molar-refractivity contribution in [2.75, 3.05) is 26.7 Å². The molecule has 8 heteroatoms. The molecule has 5 heterocycles. The third-order valence-electron chi connectivity index (χ3n) is 9.47. The normalized spacial score (nSPS) is 32.8. The van der Waals surface area contributed by atoms with Crippen molar-refractivity contribution in [3.05, 3.63) is 28.8 Å². The quantitative estimate of drug-likeness (QED) is 0.457. The third kappa shape index (κ3) is 7.05. The van der Waals surface area contributed by atoms with Crippen LogP contribution in [0.2, 0.25) is 0 Å². The summed E-state index contributed by atoms with van der Waals surface area (Å²) >= 11 is 1.86. The van der Waals surface area contributed by atoms with E-state index < -0.39 is 0 Å². The topological polar surface area (TPSA) is 86.8 Å². The second-order valence-electron chi connectivity index (χ2n) is 12.5. The van der Waals surface area contributed by atoms with E-state index in [0.717, 1.165) is 56.7 Å². The molecule has 6 rings (SSSR count). The van der Waals surface area contributed by atoms with Crippen molar-refractivity contribution in [3.8, 4) is 0 Å². The molecule has 40 heavy (non-hydrogen) atoms. The SMILES string of the molecule is CC.CC1CC2N=C(N)C(C)CC2N1.CC1CN(C=O)C(c2ccc3sc(C4CCN(C)CC4)nc3c2)C[C@H]1C. The van der Waals surface area contributed by atoms with E-state index in [1.807, 2.05) is 30.1 Å².